The van der Waals surface area contributed by atoms with Crippen LogP contribution in [0.25, 0.3) is 0 Å². The number of rotatable bonds is 7. The Morgan fingerprint density at radius 2 is 1.77 bits per heavy atom. The van der Waals surface area contributed by atoms with Crippen LogP contribution in [-0.4, -0.2) is 96.5 Å². The van der Waals surface area contributed by atoms with E-state index in [0.717, 1.165) is 6.41 Å². The van der Waals surface area contributed by atoms with E-state index in [1.54, 1.807) is 29.2 Å². The van der Waals surface area contributed by atoms with Crippen LogP contribution in [0.3, 0.4) is 0 Å². The minimum atomic E-state index is -0.881. The van der Waals surface area contributed by atoms with Crippen LogP contribution in [-0.2, 0) is 19.2 Å². The maximum atomic E-state index is 12.9. The number of Topliss-reactive ketones (excluding diaryl/α,β-unsaturated/α-hetero) is 1. The summed E-state index contributed by atoms with van der Waals surface area (Å²) in [7, 11) is 0. The molecule has 2 fully saturated rings. The molecule has 2 saturated heterocycles. The first-order valence-corrected chi connectivity index (χ1v) is 10.3. The average Bonchev–Trinajstić information content (AvgIpc) is 2.76. The van der Waals surface area contributed by atoms with Gasteiger partial charge >= 0.3 is 0 Å². The highest BCUT2D eigenvalue weighted by molar-refractivity contribution is 5.98. The van der Waals surface area contributed by atoms with Crippen LogP contribution in [0.15, 0.2) is 24.3 Å². The summed E-state index contributed by atoms with van der Waals surface area (Å²) < 4.78 is 0. The Labute approximate surface area is 180 Å². The lowest BCUT2D eigenvalue weighted by Crippen LogP contribution is -2.60. The number of carbonyl (C=O) groups excluding carboxylic acids is 5. The molecule has 0 radical (unpaired) electrons. The number of nitrogens with zero attached hydrogens (tertiary/aromatic N) is 3. The van der Waals surface area contributed by atoms with Crippen molar-refractivity contribution in [3.05, 3.63) is 29.8 Å². The molecule has 0 saturated carbocycles. The average molecular weight is 429 g/mol. The fraction of sp³-hybridized carbons (Fsp3) is 0.476. The fourth-order valence-corrected chi connectivity index (χ4v) is 3.70. The molecule has 3 rings (SSSR count). The van der Waals surface area contributed by atoms with Gasteiger partial charge in [-0.1, -0.05) is 0 Å². The molecule has 10 heteroatoms. The maximum Gasteiger partial charge on any atom is 0.243 e. The van der Waals surface area contributed by atoms with Crippen molar-refractivity contribution in [2.24, 2.45) is 0 Å². The second kappa shape index (κ2) is 10.2. The van der Waals surface area contributed by atoms with Crippen LogP contribution in [0, 0.1) is 0 Å². The standard InChI is InChI=1S/C21H27N5O5/c1-15(28)16-2-4-17(5-3-16)23-19(29)12-18-21(31)22-6-7-26(18)20(30)13-24-8-10-25(14-27)11-9-24/h2-5,14,18H,6-13H2,1H3,(H,22,31)(H,23,29)/t18-/m0/s1. The van der Waals surface area contributed by atoms with E-state index in [2.05, 4.69) is 10.6 Å². The predicted octanol–water partition coefficient (Wildman–Crippen LogP) is -0.681. The van der Waals surface area contributed by atoms with Crippen LogP contribution in [0.1, 0.15) is 23.7 Å². The molecule has 0 aliphatic carbocycles. The molecular weight excluding hydrogens is 402 g/mol. The van der Waals surface area contributed by atoms with Crippen molar-refractivity contribution in [3.63, 3.8) is 0 Å². The minimum absolute atomic E-state index is 0.0709. The van der Waals surface area contributed by atoms with E-state index >= 15 is 0 Å². The third kappa shape index (κ3) is 5.88. The Bertz CT molecular complexity index is 848. The van der Waals surface area contributed by atoms with Crippen molar-refractivity contribution in [1.29, 1.82) is 0 Å². The Morgan fingerprint density at radius 1 is 1.10 bits per heavy atom. The summed E-state index contributed by atoms with van der Waals surface area (Å²) in [5, 5.41) is 5.42. The first-order valence-electron chi connectivity index (χ1n) is 10.3. The van der Waals surface area contributed by atoms with Gasteiger partial charge in [0.25, 0.3) is 0 Å². The van der Waals surface area contributed by atoms with Crippen molar-refractivity contribution in [2.45, 2.75) is 19.4 Å². The summed E-state index contributed by atoms with van der Waals surface area (Å²) >= 11 is 0. The summed E-state index contributed by atoms with van der Waals surface area (Å²) in [5.74, 6) is -1.03. The number of nitrogens with one attached hydrogen (secondary N) is 2. The topological polar surface area (TPSA) is 119 Å². The van der Waals surface area contributed by atoms with Crippen molar-refractivity contribution in [1.82, 2.24) is 20.0 Å². The van der Waals surface area contributed by atoms with Gasteiger partial charge in [0.15, 0.2) is 5.78 Å². The number of carbonyl (C=O) groups is 5. The van der Waals surface area contributed by atoms with Gasteiger partial charge in [-0.05, 0) is 31.2 Å². The van der Waals surface area contributed by atoms with Gasteiger partial charge in [0.2, 0.25) is 24.1 Å². The monoisotopic (exact) mass is 429 g/mol. The lowest BCUT2D eigenvalue weighted by atomic mass is 10.1. The molecule has 0 unspecified atom stereocenters. The van der Waals surface area contributed by atoms with Crippen LogP contribution in [0.5, 0.6) is 0 Å². The molecule has 1 atom stereocenters. The number of benzene rings is 1. The van der Waals surface area contributed by atoms with E-state index in [9.17, 15) is 24.0 Å². The number of anilines is 1. The van der Waals surface area contributed by atoms with Gasteiger partial charge in [-0.3, -0.25) is 28.9 Å². The molecule has 2 N–H and O–H groups in total. The van der Waals surface area contributed by atoms with Crippen molar-refractivity contribution in [2.75, 3.05) is 51.1 Å². The Hall–Kier alpha value is -3.27. The second-order valence-corrected chi connectivity index (χ2v) is 7.70. The SMILES string of the molecule is CC(=O)c1ccc(NC(=O)C[C@H]2C(=O)NCCN2C(=O)CN2CCN(C=O)CC2)cc1. The van der Waals surface area contributed by atoms with E-state index in [-0.39, 0.29) is 30.6 Å². The van der Waals surface area contributed by atoms with E-state index in [4.69, 9.17) is 0 Å². The summed E-state index contributed by atoms with van der Waals surface area (Å²) in [4.78, 5) is 65.1. The molecule has 31 heavy (non-hydrogen) atoms. The first kappa shape index (κ1) is 22.4. The summed E-state index contributed by atoms with van der Waals surface area (Å²) in [6, 6.07) is 5.60. The minimum Gasteiger partial charge on any atom is -0.353 e. The highest BCUT2D eigenvalue weighted by atomic mass is 16.2. The first-order chi connectivity index (χ1) is 14.9. The molecule has 0 aromatic heterocycles. The summed E-state index contributed by atoms with van der Waals surface area (Å²) in [6.45, 7) is 4.58. The number of piperazine rings is 2. The number of hydrogen-bond acceptors (Lipinski definition) is 6. The van der Waals surface area contributed by atoms with E-state index < -0.39 is 11.9 Å². The summed E-state index contributed by atoms with van der Waals surface area (Å²) in [5.41, 5.74) is 1.05. The molecule has 2 heterocycles. The van der Waals surface area contributed by atoms with E-state index in [1.807, 2.05) is 4.90 Å². The maximum absolute atomic E-state index is 12.9. The Kier molecular flexibility index (Phi) is 7.35. The predicted molar refractivity (Wildman–Crippen MR) is 112 cm³/mol. The quantitative estimate of drug-likeness (QED) is 0.438. The van der Waals surface area contributed by atoms with Gasteiger partial charge in [-0.2, -0.15) is 0 Å². The Balaban J connectivity index is 1.58. The number of amides is 4. The van der Waals surface area contributed by atoms with Gasteiger partial charge in [0.05, 0.1) is 13.0 Å². The zero-order chi connectivity index (χ0) is 22.4. The smallest absolute Gasteiger partial charge is 0.243 e. The molecule has 166 valence electrons. The van der Waals surface area contributed by atoms with Crippen LogP contribution in [0.2, 0.25) is 0 Å². The van der Waals surface area contributed by atoms with Crippen LogP contribution < -0.4 is 10.6 Å². The molecule has 4 amide bonds. The van der Waals surface area contributed by atoms with Gasteiger partial charge in [-0.15, -0.1) is 0 Å². The van der Waals surface area contributed by atoms with Gasteiger partial charge in [-0.25, -0.2) is 0 Å². The highest BCUT2D eigenvalue weighted by Gasteiger charge is 2.35. The normalized spacial score (nSPS) is 19.5. The van der Waals surface area contributed by atoms with E-state index in [1.165, 1.54) is 11.8 Å². The third-order valence-electron chi connectivity index (χ3n) is 5.52. The molecule has 2 aliphatic rings. The number of ketones is 1. The fourth-order valence-electron chi connectivity index (χ4n) is 3.70. The lowest BCUT2D eigenvalue weighted by Gasteiger charge is -2.37. The zero-order valence-electron chi connectivity index (χ0n) is 17.5. The van der Waals surface area contributed by atoms with Crippen LogP contribution in [0.4, 0.5) is 5.69 Å². The molecule has 0 spiro atoms. The van der Waals surface area contributed by atoms with Gasteiger partial charge in [0, 0.05) is 50.5 Å². The van der Waals surface area contributed by atoms with Gasteiger partial charge in [0.1, 0.15) is 6.04 Å². The summed E-state index contributed by atoms with van der Waals surface area (Å²) in [6.07, 6.45) is 0.640. The van der Waals surface area contributed by atoms with Crippen molar-refractivity contribution < 1.29 is 24.0 Å². The molecule has 10 nitrogen and oxygen atoms in total. The van der Waals surface area contributed by atoms with Crippen molar-refractivity contribution in [3.8, 4) is 0 Å². The van der Waals surface area contributed by atoms with Gasteiger partial charge < -0.3 is 20.4 Å². The third-order valence-corrected chi connectivity index (χ3v) is 5.52. The molecular formula is C21H27N5O5. The highest BCUT2D eigenvalue weighted by Crippen LogP contribution is 2.14. The Morgan fingerprint density at radius 3 is 2.39 bits per heavy atom. The largest absolute Gasteiger partial charge is 0.353 e. The molecule has 2 aliphatic heterocycles. The molecule has 1 aromatic carbocycles. The molecule has 1 aromatic rings. The van der Waals surface area contributed by atoms with Crippen molar-refractivity contribution >= 4 is 35.6 Å². The molecule has 0 bridgehead atoms. The van der Waals surface area contributed by atoms with Crippen LogP contribution >= 0.6 is 0 Å². The number of hydrogen-bond donors (Lipinski definition) is 2. The second-order valence-electron chi connectivity index (χ2n) is 7.70. The zero-order valence-corrected chi connectivity index (χ0v) is 17.5. The van der Waals surface area contributed by atoms with E-state index in [0.29, 0.717) is 50.5 Å². The lowest BCUT2D eigenvalue weighted by molar-refractivity contribution is -0.145.